The normalized spacial score (nSPS) is 10.7. The molecule has 23 heavy (non-hydrogen) atoms. The molecule has 1 N–H and O–H groups in total. The molecule has 1 heterocycles. The Hall–Kier alpha value is -2.40. The van der Waals surface area contributed by atoms with Crippen LogP contribution in [0.4, 0.5) is 0 Å². The van der Waals surface area contributed by atoms with E-state index in [9.17, 15) is 9.59 Å². The van der Waals surface area contributed by atoms with E-state index in [1.54, 1.807) is 48.5 Å². The molecular formula is C18H20N2O2S. The summed E-state index contributed by atoms with van der Waals surface area (Å²) in [4.78, 5) is 27.6. The van der Waals surface area contributed by atoms with Crippen LogP contribution in [0.2, 0.25) is 0 Å². The molecule has 0 saturated carbocycles. The second-order valence-corrected chi connectivity index (χ2v) is 6.57. The van der Waals surface area contributed by atoms with Crippen molar-refractivity contribution in [2.75, 3.05) is 14.1 Å². The number of rotatable bonds is 5. The van der Waals surface area contributed by atoms with Crippen molar-refractivity contribution in [3.63, 3.8) is 0 Å². The largest absolute Gasteiger partial charge is 0.355 e. The van der Waals surface area contributed by atoms with E-state index < -0.39 is 0 Å². The van der Waals surface area contributed by atoms with Crippen molar-refractivity contribution >= 4 is 29.2 Å². The minimum absolute atomic E-state index is 0.0496. The predicted molar refractivity (Wildman–Crippen MR) is 94.4 cm³/mol. The molecule has 5 heteroatoms. The van der Waals surface area contributed by atoms with Gasteiger partial charge in [0.05, 0.1) is 0 Å². The Morgan fingerprint density at radius 3 is 2.43 bits per heavy atom. The van der Waals surface area contributed by atoms with E-state index in [0.717, 1.165) is 10.4 Å². The van der Waals surface area contributed by atoms with Gasteiger partial charge in [-0.3, -0.25) is 9.59 Å². The second kappa shape index (κ2) is 7.74. The Morgan fingerprint density at radius 2 is 1.87 bits per heavy atom. The Labute approximate surface area is 140 Å². The van der Waals surface area contributed by atoms with E-state index in [-0.39, 0.29) is 11.8 Å². The summed E-state index contributed by atoms with van der Waals surface area (Å²) in [7, 11) is 3.36. The minimum atomic E-state index is -0.116. The molecule has 0 aliphatic heterocycles. The molecule has 0 radical (unpaired) electrons. The summed E-state index contributed by atoms with van der Waals surface area (Å²) in [6.45, 7) is 2.54. The highest BCUT2D eigenvalue weighted by Crippen LogP contribution is 2.16. The molecule has 2 rings (SSSR count). The van der Waals surface area contributed by atoms with Crippen molar-refractivity contribution in [1.29, 1.82) is 0 Å². The van der Waals surface area contributed by atoms with E-state index in [2.05, 4.69) is 5.32 Å². The molecule has 120 valence electrons. The zero-order valence-corrected chi connectivity index (χ0v) is 14.3. The quantitative estimate of drug-likeness (QED) is 0.858. The van der Waals surface area contributed by atoms with Gasteiger partial charge in [0, 0.05) is 42.0 Å². The van der Waals surface area contributed by atoms with Gasteiger partial charge in [0.2, 0.25) is 5.91 Å². The summed E-state index contributed by atoms with van der Waals surface area (Å²) in [5.74, 6) is -0.165. The van der Waals surface area contributed by atoms with Crippen LogP contribution in [0.5, 0.6) is 0 Å². The van der Waals surface area contributed by atoms with E-state index in [1.165, 1.54) is 4.88 Å². The second-order valence-electron chi connectivity index (χ2n) is 5.25. The van der Waals surface area contributed by atoms with Crippen molar-refractivity contribution < 1.29 is 9.59 Å². The SMILES string of the molecule is CNC(=O)c1ccc(CN(C)C(=O)/C=C/c2ccc(C)s2)cc1. The monoisotopic (exact) mass is 328 g/mol. The maximum atomic E-state index is 12.1. The first-order valence-electron chi connectivity index (χ1n) is 7.30. The Bertz CT molecular complexity index is 717. The molecule has 1 aromatic carbocycles. The maximum absolute atomic E-state index is 12.1. The lowest BCUT2D eigenvalue weighted by Crippen LogP contribution is -2.24. The first kappa shape index (κ1) is 17.0. The zero-order valence-electron chi connectivity index (χ0n) is 13.5. The molecule has 0 saturated heterocycles. The molecule has 0 aliphatic carbocycles. The highest BCUT2D eigenvalue weighted by atomic mass is 32.1. The fourth-order valence-electron chi connectivity index (χ4n) is 2.08. The van der Waals surface area contributed by atoms with Gasteiger partial charge >= 0.3 is 0 Å². The third-order valence-electron chi connectivity index (χ3n) is 3.39. The molecule has 0 spiro atoms. The number of likely N-dealkylation sites (N-methyl/N-ethyl adjacent to an activating group) is 1. The number of aryl methyl sites for hydroxylation is 1. The number of nitrogens with one attached hydrogen (secondary N) is 1. The third-order valence-corrected chi connectivity index (χ3v) is 4.36. The van der Waals surface area contributed by atoms with Gasteiger partial charge in [0.25, 0.3) is 5.91 Å². The average molecular weight is 328 g/mol. The first-order chi connectivity index (χ1) is 11.0. The van der Waals surface area contributed by atoms with Gasteiger partial charge in [-0.2, -0.15) is 0 Å². The molecule has 1 aromatic heterocycles. The molecule has 0 fully saturated rings. The van der Waals surface area contributed by atoms with Crippen LogP contribution in [-0.2, 0) is 11.3 Å². The Kier molecular flexibility index (Phi) is 5.71. The number of nitrogens with zero attached hydrogens (tertiary/aromatic N) is 1. The number of carbonyl (C=O) groups is 2. The van der Waals surface area contributed by atoms with Crippen LogP contribution >= 0.6 is 11.3 Å². The smallest absolute Gasteiger partial charge is 0.251 e. The summed E-state index contributed by atoms with van der Waals surface area (Å²) in [5.41, 5.74) is 1.59. The van der Waals surface area contributed by atoms with Crippen molar-refractivity contribution in [1.82, 2.24) is 10.2 Å². The minimum Gasteiger partial charge on any atom is -0.355 e. The van der Waals surface area contributed by atoms with Gasteiger partial charge in [0.15, 0.2) is 0 Å². The molecule has 0 atom stereocenters. The van der Waals surface area contributed by atoms with Crippen molar-refractivity contribution in [2.24, 2.45) is 0 Å². The number of amides is 2. The van der Waals surface area contributed by atoms with Gasteiger partial charge in [-0.25, -0.2) is 0 Å². The molecule has 4 nitrogen and oxygen atoms in total. The predicted octanol–water partition coefficient (Wildman–Crippen LogP) is 3.09. The van der Waals surface area contributed by atoms with E-state index >= 15 is 0 Å². The highest BCUT2D eigenvalue weighted by molar-refractivity contribution is 7.12. The van der Waals surface area contributed by atoms with Crippen LogP contribution in [0.1, 0.15) is 25.7 Å². The molecule has 0 unspecified atom stereocenters. The lowest BCUT2D eigenvalue weighted by molar-refractivity contribution is -0.125. The molecule has 2 amide bonds. The lowest BCUT2D eigenvalue weighted by Gasteiger charge is -2.15. The summed E-state index contributed by atoms with van der Waals surface area (Å²) >= 11 is 1.66. The van der Waals surface area contributed by atoms with E-state index in [4.69, 9.17) is 0 Å². The van der Waals surface area contributed by atoms with Crippen LogP contribution < -0.4 is 5.32 Å². The summed E-state index contributed by atoms with van der Waals surface area (Å²) in [6.07, 6.45) is 3.43. The Morgan fingerprint density at radius 1 is 1.17 bits per heavy atom. The third kappa shape index (κ3) is 4.79. The molecule has 0 bridgehead atoms. The number of benzene rings is 1. The van der Waals surface area contributed by atoms with Crippen molar-refractivity contribution in [2.45, 2.75) is 13.5 Å². The number of hydrogen-bond acceptors (Lipinski definition) is 3. The maximum Gasteiger partial charge on any atom is 0.251 e. The fourth-order valence-corrected chi connectivity index (χ4v) is 2.86. The fraction of sp³-hybridized carbons (Fsp3) is 0.222. The molecular weight excluding hydrogens is 308 g/mol. The van der Waals surface area contributed by atoms with Gasteiger partial charge < -0.3 is 10.2 Å². The van der Waals surface area contributed by atoms with Gasteiger partial charge in [0.1, 0.15) is 0 Å². The highest BCUT2D eigenvalue weighted by Gasteiger charge is 2.07. The zero-order chi connectivity index (χ0) is 16.8. The van der Waals surface area contributed by atoms with Crippen LogP contribution in [0, 0.1) is 6.92 Å². The number of thiophene rings is 1. The molecule has 2 aromatic rings. The number of hydrogen-bond donors (Lipinski definition) is 1. The first-order valence-corrected chi connectivity index (χ1v) is 8.12. The van der Waals surface area contributed by atoms with Crippen LogP contribution in [0.3, 0.4) is 0 Å². The van der Waals surface area contributed by atoms with Gasteiger partial charge in [-0.15, -0.1) is 11.3 Å². The lowest BCUT2D eigenvalue weighted by atomic mass is 10.1. The summed E-state index contributed by atoms with van der Waals surface area (Å²) in [6, 6.07) is 11.3. The summed E-state index contributed by atoms with van der Waals surface area (Å²) < 4.78 is 0. The number of carbonyl (C=O) groups excluding carboxylic acids is 2. The van der Waals surface area contributed by atoms with Crippen LogP contribution in [0.15, 0.2) is 42.5 Å². The Balaban J connectivity index is 1.95. The van der Waals surface area contributed by atoms with Gasteiger partial charge in [-0.1, -0.05) is 12.1 Å². The van der Waals surface area contributed by atoms with E-state index in [0.29, 0.717) is 12.1 Å². The van der Waals surface area contributed by atoms with Crippen LogP contribution in [-0.4, -0.2) is 30.8 Å². The van der Waals surface area contributed by atoms with Crippen molar-refractivity contribution in [3.8, 4) is 0 Å². The summed E-state index contributed by atoms with van der Waals surface area (Å²) in [5, 5.41) is 2.58. The topological polar surface area (TPSA) is 49.4 Å². The van der Waals surface area contributed by atoms with E-state index in [1.807, 2.05) is 37.3 Å². The van der Waals surface area contributed by atoms with Gasteiger partial charge in [-0.05, 0) is 42.8 Å². The standard InChI is InChI=1S/C18H20N2O2S/c1-13-4-9-16(23-13)10-11-17(21)20(3)12-14-5-7-15(8-6-14)18(22)19-2/h4-11H,12H2,1-3H3,(H,19,22)/b11-10+. The van der Waals surface area contributed by atoms with Crippen molar-refractivity contribution in [3.05, 3.63) is 63.4 Å². The average Bonchev–Trinajstić information content (AvgIpc) is 2.98. The molecule has 0 aliphatic rings. The van der Waals surface area contributed by atoms with Crippen LogP contribution in [0.25, 0.3) is 6.08 Å².